The van der Waals surface area contributed by atoms with Crippen LogP contribution in [0.3, 0.4) is 0 Å². The monoisotopic (exact) mass is 315 g/mol. The minimum Gasteiger partial charge on any atom is -0.380 e. The van der Waals surface area contributed by atoms with Gasteiger partial charge in [0.2, 0.25) is 0 Å². The number of nitrogens with zero attached hydrogens (tertiary/aromatic N) is 2. The molecule has 0 saturated heterocycles. The van der Waals surface area contributed by atoms with Crippen molar-refractivity contribution in [3.63, 3.8) is 0 Å². The normalized spacial score (nSPS) is 10.4. The van der Waals surface area contributed by atoms with Gasteiger partial charge in [-0.15, -0.1) is 0 Å². The molecule has 0 fully saturated rings. The van der Waals surface area contributed by atoms with Crippen molar-refractivity contribution in [3.8, 4) is 0 Å². The van der Waals surface area contributed by atoms with Crippen molar-refractivity contribution in [2.75, 3.05) is 18.9 Å². The summed E-state index contributed by atoms with van der Waals surface area (Å²) in [5, 5.41) is 3.20. The minimum atomic E-state index is -0.245. The van der Waals surface area contributed by atoms with Crippen molar-refractivity contribution in [2.45, 2.75) is 26.3 Å². The van der Waals surface area contributed by atoms with E-state index in [-0.39, 0.29) is 11.7 Å². The molecular formula is C18H22FN3O. The lowest BCUT2D eigenvalue weighted by molar-refractivity contribution is 0.0787. The molecule has 0 aliphatic rings. The molecule has 0 spiro atoms. The lowest BCUT2D eigenvalue weighted by atomic mass is 10.2. The molecule has 0 atom stereocenters. The smallest absolute Gasteiger partial charge is 0.272 e. The highest BCUT2D eigenvalue weighted by molar-refractivity contribution is 5.92. The number of aromatic nitrogens is 1. The Balaban J connectivity index is 1.91. The summed E-state index contributed by atoms with van der Waals surface area (Å²) in [6.07, 6.45) is 3.68. The quantitative estimate of drug-likeness (QED) is 0.847. The molecule has 2 aromatic rings. The van der Waals surface area contributed by atoms with Crippen LogP contribution in [0.25, 0.3) is 0 Å². The summed E-state index contributed by atoms with van der Waals surface area (Å²) in [7, 11) is 1.79. The van der Waals surface area contributed by atoms with Crippen LogP contribution in [-0.4, -0.2) is 29.4 Å². The second kappa shape index (κ2) is 8.27. The summed E-state index contributed by atoms with van der Waals surface area (Å²) in [5.74, 6) is -0.311. The Morgan fingerprint density at radius 3 is 2.57 bits per heavy atom. The molecule has 1 amide bonds. The molecule has 23 heavy (non-hydrogen) atoms. The van der Waals surface area contributed by atoms with E-state index in [9.17, 15) is 9.18 Å². The molecule has 122 valence electrons. The van der Waals surface area contributed by atoms with Crippen molar-refractivity contribution in [2.24, 2.45) is 0 Å². The minimum absolute atomic E-state index is 0.0662. The van der Waals surface area contributed by atoms with E-state index in [1.807, 2.05) is 6.07 Å². The number of anilines is 1. The van der Waals surface area contributed by atoms with Gasteiger partial charge in [-0.25, -0.2) is 9.37 Å². The highest BCUT2D eigenvalue weighted by atomic mass is 19.1. The summed E-state index contributed by atoms with van der Waals surface area (Å²) in [4.78, 5) is 18.1. The van der Waals surface area contributed by atoms with Crippen LogP contribution >= 0.6 is 0 Å². The molecular weight excluding hydrogens is 293 g/mol. The SMILES string of the molecule is CCCCN(C)C(=O)c1ccc(NCc2ccc(F)cc2)cn1. The Morgan fingerprint density at radius 1 is 1.22 bits per heavy atom. The molecule has 0 aliphatic heterocycles. The van der Waals surface area contributed by atoms with Crippen LogP contribution in [0.15, 0.2) is 42.6 Å². The summed E-state index contributed by atoms with van der Waals surface area (Å²) in [6.45, 7) is 3.41. The second-order valence-electron chi connectivity index (χ2n) is 5.49. The van der Waals surface area contributed by atoms with E-state index in [1.165, 1.54) is 12.1 Å². The first-order chi connectivity index (χ1) is 11.1. The first-order valence-corrected chi connectivity index (χ1v) is 7.80. The molecule has 4 nitrogen and oxygen atoms in total. The summed E-state index contributed by atoms with van der Waals surface area (Å²) >= 11 is 0. The van der Waals surface area contributed by atoms with Gasteiger partial charge in [0.15, 0.2) is 0 Å². The van der Waals surface area contributed by atoms with Crippen molar-refractivity contribution < 1.29 is 9.18 Å². The number of halogens is 1. The average Bonchev–Trinajstić information content (AvgIpc) is 2.59. The predicted molar refractivity (Wildman–Crippen MR) is 89.8 cm³/mol. The number of hydrogen-bond acceptors (Lipinski definition) is 3. The number of carbonyl (C=O) groups is 1. The summed E-state index contributed by atoms with van der Waals surface area (Å²) in [6, 6.07) is 9.88. The zero-order valence-corrected chi connectivity index (χ0v) is 13.6. The molecule has 1 heterocycles. The molecule has 1 aromatic carbocycles. The third-order valence-electron chi connectivity index (χ3n) is 3.59. The molecule has 0 radical (unpaired) electrons. The lowest BCUT2D eigenvalue weighted by Crippen LogP contribution is -2.28. The van der Waals surface area contributed by atoms with Gasteiger partial charge in [0, 0.05) is 20.1 Å². The number of amides is 1. The van der Waals surface area contributed by atoms with Gasteiger partial charge in [-0.1, -0.05) is 25.5 Å². The van der Waals surface area contributed by atoms with Gasteiger partial charge >= 0.3 is 0 Å². The largest absolute Gasteiger partial charge is 0.380 e. The van der Waals surface area contributed by atoms with Gasteiger partial charge < -0.3 is 10.2 Å². The fraction of sp³-hybridized carbons (Fsp3) is 0.333. The van der Waals surface area contributed by atoms with Crippen LogP contribution < -0.4 is 5.32 Å². The molecule has 0 bridgehead atoms. The van der Waals surface area contributed by atoms with Crippen LogP contribution in [0, 0.1) is 5.82 Å². The number of benzene rings is 1. The second-order valence-corrected chi connectivity index (χ2v) is 5.49. The molecule has 2 rings (SSSR count). The van der Waals surface area contributed by atoms with Crippen molar-refractivity contribution in [3.05, 3.63) is 59.7 Å². The van der Waals surface area contributed by atoms with Gasteiger partial charge in [0.25, 0.3) is 5.91 Å². The van der Waals surface area contributed by atoms with E-state index in [4.69, 9.17) is 0 Å². The van der Waals surface area contributed by atoms with Crippen LogP contribution in [0.4, 0.5) is 10.1 Å². The van der Waals surface area contributed by atoms with E-state index < -0.39 is 0 Å². The molecule has 0 aliphatic carbocycles. The first-order valence-electron chi connectivity index (χ1n) is 7.80. The maximum atomic E-state index is 12.8. The average molecular weight is 315 g/mol. The molecule has 1 aromatic heterocycles. The lowest BCUT2D eigenvalue weighted by Gasteiger charge is -2.16. The summed E-state index contributed by atoms with van der Waals surface area (Å²) in [5.41, 5.74) is 2.24. The van der Waals surface area contributed by atoms with Gasteiger partial charge in [-0.05, 0) is 36.2 Å². The van der Waals surface area contributed by atoms with E-state index >= 15 is 0 Å². The summed E-state index contributed by atoms with van der Waals surface area (Å²) < 4.78 is 12.8. The number of carbonyl (C=O) groups excluding carboxylic acids is 1. The first kappa shape index (κ1) is 16.9. The maximum Gasteiger partial charge on any atom is 0.272 e. The Kier molecular flexibility index (Phi) is 6.09. The van der Waals surface area contributed by atoms with Crippen LogP contribution in [-0.2, 0) is 6.54 Å². The standard InChI is InChI=1S/C18H22FN3O/c1-3-4-11-22(2)18(23)17-10-9-16(13-21-17)20-12-14-5-7-15(19)8-6-14/h5-10,13,20H,3-4,11-12H2,1-2H3. The fourth-order valence-corrected chi connectivity index (χ4v) is 2.12. The Labute approximate surface area is 136 Å². The maximum absolute atomic E-state index is 12.8. The number of nitrogens with one attached hydrogen (secondary N) is 1. The van der Waals surface area contributed by atoms with Gasteiger partial charge in [-0.2, -0.15) is 0 Å². The van der Waals surface area contributed by atoms with E-state index in [1.54, 1.807) is 36.3 Å². The van der Waals surface area contributed by atoms with Crippen LogP contribution in [0.1, 0.15) is 35.8 Å². The number of rotatable bonds is 7. The predicted octanol–water partition coefficient (Wildman–Crippen LogP) is 3.70. The highest BCUT2D eigenvalue weighted by Crippen LogP contribution is 2.11. The van der Waals surface area contributed by atoms with E-state index in [0.29, 0.717) is 12.2 Å². The zero-order valence-electron chi connectivity index (χ0n) is 13.6. The third-order valence-corrected chi connectivity index (χ3v) is 3.59. The number of hydrogen-bond donors (Lipinski definition) is 1. The van der Waals surface area contributed by atoms with Gasteiger partial charge in [0.1, 0.15) is 11.5 Å². The Morgan fingerprint density at radius 2 is 1.96 bits per heavy atom. The molecule has 5 heteroatoms. The van der Waals surface area contributed by atoms with E-state index in [2.05, 4.69) is 17.2 Å². The molecule has 0 saturated carbocycles. The van der Waals surface area contributed by atoms with Gasteiger partial charge in [0.05, 0.1) is 11.9 Å². The van der Waals surface area contributed by atoms with Crippen molar-refractivity contribution in [1.29, 1.82) is 0 Å². The number of unbranched alkanes of at least 4 members (excludes halogenated alkanes) is 1. The van der Waals surface area contributed by atoms with Crippen molar-refractivity contribution in [1.82, 2.24) is 9.88 Å². The van der Waals surface area contributed by atoms with E-state index in [0.717, 1.165) is 30.6 Å². The fourth-order valence-electron chi connectivity index (χ4n) is 2.12. The third kappa shape index (κ3) is 5.06. The molecule has 0 unspecified atom stereocenters. The van der Waals surface area contributed by atoms with Gasteiger partial charge in [-0.3, -0.25) is 4.79 Å². The zero-order chi connectivity index (χ0) is 16.7. The number of pyridine rings is 1. The van der Waals surface area contributed by atoms with Crippen molar-refractivity contribution >= 4 is 11.6 Å². The van der Waals surface area contributed by atoms with Crippen LogP contribution in [0.5, 0.6) is 0 Å². The highest BCUT2D eigenvalue weighted by Gasteiger charge is 2.12. The topological polar surface area (TPSA) is 45.2 Å². The Hall–Kier alpha value is -2.43. The van der Waals surface area contributed by atoms with Crippen LogP contribution in [0.2, 0.25) is 0 Å². The molecule has 1 N–H and O–H groups in total. The Bertz CT molecular complexity index is 626.